The van der Waals surface area contributed by atoms with Crippen molar-refractivity contribution in [3.05, 3.63) is 34.6 Å². The van der Waals surface area contributed by atoms with Crippen LogP contribution in [0.25, 0.3) is 0 Å². The minimum Gasteiger partial charge on any atom is -0.479 e. The monoisotopic (exact) mass is 231 g/mol. The fourth-order valence-corrected chi connectivity index (χ4v) is 1.01. The third-order valence-electron chi connectivity index (χ3n) is 1.42. The van der Waals surface area contributed by atoms with Gasteiger partial charge >= 0.3 is 5.97 Å². The van der Waals surface area contributed by atoms with Gasteiger partial charge in [-0.1, -0.05) is 16.8 Å². The van der Waals surface area contributed by atoms with Gasteiger partial charge in [0.05, 0.1) is 11.2 Å². The zero-order valence-electron chi connectivity index (χ0n) is 7.48. The van der Waals surface area contributed by atoms with Gasteiger partial charge in [-0.15, -0.1) is 0 Å². The standard InChI is InChI=1S/C9H7ClFNO3/c10-8-3-7(11)2-1-6(8)4-12-15-5-9(13)14/h1-4H,5H2,(H,13,14)/b12-4+. The van der Waals surface area contributed by atoms with Crippen LogP contribution in [-0.2, 0) is 9.63 Å². The van der Waals surface area contributed by atoms with E-state index >= 15 is 0 Å². The highest BCUT2D eigenvalue weighted by atomic mass is 35.5. The zero-order chi connectivity index (χ0) is 11.3. The number of rotatable bonds is 4. The maximum Gasteiger partial charge on any atom is 0.344 e. The van der Waals surface area contributed by atoms with Gasteiger partial charge in [0, 0.05) is 5.56 Å². The molecule has 0 heterocycles. The van der Waals surface area contributed by atoms with Gasteiger partial charge in [-0.3, -0.25) is 0 Å². The number of halogens is 2. The van der Waals surface area contributed by atoms with Crippen LogP contribution in [0, 0.1) is 5.82 Å². The van der Waals surface area contributed by atoms with Crippen molar-refractivity contribution in [2.75, 3.05) is 6.61 Å². The van der Waals surface area contributed by atoms with Crippen molar-refractivity contribution in [2.45, 2.75) is 0 Å². The minimum atomic E-state index is -1.13. The molecule has 0 fully saturated rings. The number of carboxylic acid groups (broad SMARTS) is 1. The Morgan fingerprint density at radius 1 is 1.67 bits per heavy atom. The topological polar surface area (TPSA) is 58.9 Å². The summed E-state index contributed by atoms with van der Waals surface area (Å²) in [5.41, 5.74) is 0.448. The summed E-state index contributed by atoms with van der Waals surface area (Å²) >= 11 is 5.67. The molecule has 0 unspecified atom stereocenters. The van der Waals surface area contributed by atoms with E-state index in [0.29, 0.717) is 5.56 Å². The number of benzene rings is 1. The Morgan fingerprint density at radius 2 is 2.40 bits per heavy atom. The summed E-state index contributed by atoms with van der Waals surface area (Å²) in [6.45, 7) is -0.532. The van der Waals surface area contributed by atoms with E-state index in [4.69, 9.17) is 16.7 Å². The van der Waals surface area contributed by atoms with Gasteiger partial charge < -0.3 is 9.94 Å². The van der Waals surface area contributed by atoms with Gasteiger partial charge in [0.1, 0.15) is 5.82 Å². The predicted molar refractivity (Wildman–Crippen MR) is 52.6 cm³/mol. The smallest absolute Gasteiger partial charge is 0.344 e. The summed E-state index contributed by atoms with van der Waals surface area (Å²) in [6, 6.07) is 3.75. The van der Waals surface area contributed by atoms with Crippen LogP contribution < -0.4 is 0 Å². The first kappa shape index (κ1) is 11.5. The number of hydrogen-bond acceptors (Lipinski definition) is 3. The van der Waals surface area contributed by atoms with Crippen molar-refractivity contribution >= 4 is 23.8 Å². The third kappa shape index (κ3) is 3.95. The normalized spacial score (nSPS) is 10.5. The molecule has 0 amide bonds. The van der Waals surface area contributed by atoms with E-state index in [1.807, 2.05) is 0 Å². The molecule has 6 heteroatoms. The lowest BCUT2D eigenvalue weighted by Crippen LogP contribution is -2.03. The molecule has 80 valence electrons. The summed E-state index contributed by atoms with van der Waals surface area (Å²) in [5.74, 6) is -1.58. The van der Waals surface area contributed by atoms with Crippen LogP contribution in [0.4, 0.5) is 4.39 Å². The molecule has 0 bridgehead atoms. The fraction of sp³-hybridized carbons (Fsp3) is 0.111. The molecule has 0 aliphatic rings. The van der Waals surface area contributed by atoms with Crippen LogP contribution in [0.5, 0.6) is 0 Å². The lowest BCUT2D eigenvalue weighted by atomic mass is 10.2. The van der Waals surface area contributed by atoms with Crippen LogP contribution in [0.1, 0.15) is 5.56 Å². The molecule has 0 aliphatic carbocycles. The molecule has 0 aliphatic heterocycles. The second-order valence-corrected chi connectivity index (χ2v) is 2.97. The van der Waals surface area contributed by atoms with Crippen LogP contribution in [0.2, 0.25) is 5.02 Å². The van der Waals surface area contributed by atoms with Crippen molar-refractivity contribution in [3.63, 3.8) is 0 Å². The molecule has 4 nitrogen and oxygen atoms in total. The molecule has 0 saturated heterocycles. The molecule has 1 aromatic rings. The molecule has 0 spiro atoms. The number of hydrogen-bond donors (Lipinski definition) is 1. The van der Waals surface area contributed by atoms with Crippen molar-refractivity contribution < 1.29 is 19.1 Å². The van der Waals surface area contributed by atoms with Crippen LogP contribution in [0.3, 0.4) is 0 Å². The van der Waals surface area contributed by atoms with Gasteiger partial charge in [-0.2, -0.15) is 0 Å². The molecule has 1 N–H and O–H groups in total. The molecular weight excluding hydrogens is 225 g/mol. The summed E-state index contributed by atoms with van der Waals surface area (Å²) in [5, 5.41) is 11.8. The molecule has 1 rings (SSSR count). The first-order chi connectivity index (χ1) is 7.09. The van der Waals surface area contributed by atoms with E-state index < -0.39 is 18.4 Å². The summed E-state index contributed by atoms with van der Waals surface area (Å²) in [7, 11) is 0. The Hall–Kier alpha value is -1.62. The highest BCUT2D eigenvalue weighted by molar-refractivity contribution is 6.33. The van der Waals surface area contributed by atoms with E-state index in [0.717, 1.165) is 6.07 Å². The molecule has 0 aromatic heterocycles. The van der Waals surface area contributed by atoms with Crippen molar-refractivity contribution in [3.8, 4) is 0 Å². The first-order valence-corrected chi connectivity index (χ1v) is 4.29. The van der Waals surface area contributed by atoms with Crippen LogP contribution in [-0.4, -0.2) is 23.9 Å². The zero-order valence-corrected chi connectivity index (χ0v) is 8.24. The molecule has 0 radical (unpaired) electrons. The van der Waals surface area contributed by atoms with Gasteiger partial charge in [0.25, 0.3) is 0 Å². The summed E-state index contributed by atoms with van der Waals surface area (Å²) < 4.78 is 12.6. The fourth-order valence-electron chi connectivity index (χ4n) is 0.793. The molecule has 0 saturated carbocycles. The van der Waals surface area contributed by atoms with Gasteiger partial charge in [0.2, 0.25) is 6.61 Å². The molecule has 0 atom stereocenters. The average Bonchev–Trinajstić information content (AvgIpc) is 2.14. The van der Waals surface area contributed by atoms with Gasteiger partial charge in [0.15, 0.2) is 0 Å². The second kappa shape index (κ2) is 5.31. The number of nitrogens with zero attached hydrogens (tertiary/aromatic N) is 1. The Morgan fingerprint density at radius 3 is 3.00 bits per heavy atom. The lowest BCUT2D eigenvalue weighted by Gasteiger charge is -1.97. The van der Waals surface area contributed by atoms with Crippen LogP contribution >= 0.6 is 11.6 Å². The van der Waals surface area contributed by atoms with E-state index in [-0.39, 0.29) is 5.02 Å². The Labute approximate surface area is 89.9 Å². The lowest BCUT2D eigenvalue weighted by molar-refractivity contribution is -0.142. The molecule has 1 aromatic carbocycles. The molecule has 15 heavy (non-hydrogen) atoms. The number of oxime groups is 1. The van der Waals surface area contributed by atoms with Gasteiger partial charge in [-0.25, -0.2) is 9.18 Å². The van der Waals surface area contributed by atoms with Crippen LogP contribution in [0.15, 0.2) is 23.4 Å². The van der Waals surface area contributed by atoms with Gasteiger partial charge in [-0.05, 0) is 18.2 Å². The largest absolute Gasteiger partial charge is 0.479 e. The number of carbonyl (C=O) groups is 1. The van der Waals surface area contributed by atoms with Crippen molar-refractivity contribution in [2.24, 2.45) is 5.16 Å². The average molecular weight is 232 g/mol. The summed E-state index contributed by atoms with van der Waals surface area (Å²) in [6.07, 6.45) is 1.21. The number of carboxylic acids is 1. The maximum absolute atomic E-state index is 12.6. The Kier molecular flexibility index (Phi) is 4.05. The Balaban J connectivity index is 2.60. The third-order valence-corrected chi connectivity index (χ3v) is 1.74. The SMILES string of the molecule is O=C(O)CO/N=C/c1ccc(F)cc1Cl. The number of aliphatic carboxylic acids is 1. The predicted octanol–water partition coefficient (Wildman–Crippen LogP) is 1.91. The Bertz CT molecular complexity index is 395. The highest BCUT2D eigenvalue weighted by Crippen LogP contribution is 2.15. The quantitative estimate of drug-likeness (QED) is 0.636. The maximum atomic E-state index is 12.6. The second-order valence-electron chi connectivity index (χ2n) is 2.57. The minimum absolute atomic E-state index is 0.178. The van der Waals surface area contributed by atoms with E-state index in [2.05, 4.69) is 9.99 Å². The van der Waals surface area contributed by atoms with E-state index in [1.165, 1.54) is 18.3 Å². The van der Waals surface area contributed by atoms with E-state index in [1.54, 1.807) is 0 Å². The van der Waals surface area contributed by atoms with Crippen molar-refractivity contribution in [1.29, 1.82) is 0 Å². The highest BCUT2D eigenvalue weighted by Gasteiger charge is 1.99. The van der Waals surface area contributed by atoms with Crippen molar-refractivity contribution in [1.82, 2.24) is 0 Å². The first-order valence-electron chi connectivity index (χ1n) is 3.92. The molecular formula is C9H7ClFNO3. The van der Waals surface area contributed by atoms with E-state index in [9.17, 15) is 9.18 Å². The summed E-state index contributed by atoms with van der Waals surface area (Å²) in [4.78, 5) is 14.4.